The molecule has 1 aromatic carbocycles. The lowest BCUT2D eigenvalue weighted by Gasteiger charge is -2.32. The molecule has 1 saturated heterocycles. The van der Waals surface area contributed by atoms with Gasteiger partial charge in [-0.25, -0.2) is 14.6 Å². The summed E-state index contributed by atoms with van der Waals surface area (Å²) in [4.78, 5) is 42.6. The SMILES string of the molecule is CNC(=O)n1ccc2cc(Oc3ccnc(NC(=O)N[C@@H](CO)C(=O)N4CCC(O)CC4)c3)ccc21. The zero-order valence-electron chi connectivity index (χ0n) is 19.7. The average Bonchev–Trinajstić information content (AvgIpc) is 3.30. The number of piperidine rings is 1. The second-order valence-corrected chi connectivity index (χ2v) is 8.33. The summed E-state index contributed by atoms with van der Waals surface area (Å²) in [5.74, 6) is 0.704. The van der Waals surface area contributed by atoms with Gasteiger partial charge in [-0.1, -0.05) is 0 Å². The predicted octanol–water partition coefficient (Wildman–Crippen LogP) is 1.48. The van der Waals surface area contributed by atoms with Crippen LogP contribution >= 0.6 is 0 Å². The lowest BCUT2D eigenvalue weighted by atomic mass is 10.1. The highest BCUT2D eigenvalue weighted by Gasteiger charge is 2.28. The van der Waals surface area contributed by atoms with Gasteiger partial charge in [0.1, 0.15) is 23.4 Å². The largest absolute Gasteiger partial charge is 0.457 e. The fourth-order valence-electron chi connectivity index (χ4n) is 3.96. The van der Waals surface area contributed by atoms with Crippen LogP contribution < -0.4 is 20.7 Å². The number of carbonyl (C=O) groups excluding carboxylic acids is 3. The number of ether oxygens (including phenoxy) is 1. The van der Waals surface area contributed by atoms with Crippen molar-refractivity contribution in [1.82, 2.24) is 25.1 Å². The minimum Gasteiger partial charge on any atom is -0.457 e. The highest BCUT2D eigenvalue weighted by Crippen LogP contribution is 2.27. The molecule has 2 aromatic heterocycles. The normalized spacial score (nSPS) is 14.8. The molecule has 0 saturated carbocycles. The fourth-order valence-corrected chi connectivity index (χ4v) is 3.96. The summed E-state index contributed by atoms with van der Waals surface area (Å²) in [6, 6.07) is 8.13. The van der Waals surface area contributed by atoms with Crippen molar-refractivity contribution < 1.29 is 29.3 Å². The number of rotatable bonds is 6. The minimum absolute atomic E-state index is 0.182. The Morgan fingerprint density at radius 3 is 2.61 bits per heavy atom. The predicted molar refractivity (Wildman–Crippen MR) is 131 cm³/mol. The van der Waals surface area contributed by atoms with Gasteiger partial charge in [0.25, 0.3) is 0 Å². The Bertz CT molecular complexity index is 1250. The summed E-state index contributed by atoms with van der Waals surface area (Å²) in [7, 11) is 1.56. The first-order chi connectivity index (χ1) is 17.4. The number of benzene rings is 1. The van der Waals surface area contributed by atoms with Crippen molar-refractivity contribution in [2.75, 3.05) is 32.1 Å². The number of nitrogens with zero attached hydrogens (tertiary/aromatic N) is 3. The Morgan fingerprint density at radius 2 is 1.89 bits per heavy atom. The molecule has 36 heavy (non-hydrogen) atoms. The first-order valence-electron chi connectivity index (χ1n) is 11.5. The van der Waals surface area contributed by atoms with Gasteiger partial charge >= 0.3 is 12.1 Å². The number of nitrogens with one attached hydrogen (secondary N) is 3. The van der Waals surface area contributed by atoms with Crippen molar-refractivity contribution in [1.29, 1.82) is 0 Å². The van der Waals surface area contributed by atoms with Crippen LogP contribution in [0.4, 0.5) is 15.4 Å². The van der Waals surface area contributed by atoms with Crippen LogP contribution in [0.1, 0.15) is 12.8 Å². The van der Waals surface area contributed by atoms with E-state index >= 15 is 0 Å². The molecule has 0 aliphatic carbocycles. The number of hydrogen-bond acceptors (Lipinski definition) is 7. The van der Waals surface area contributed by atoms with Crippen LogP contribution in [0.25, 0.3) is 10.9 Å². The number of urea groups is 1. The summed E-state index contributed by atoms with van der Waals surface area (Å²) in [6.45, 7) is 0.165. The zero-order chi connectivity index (χ0) is 25.7. The number of hydrogen-bond donors (Lipinski definition) is 5. The van der Waals surface area contributed by atoms with Gasteiger partial charge in [-0.05, 0) is 43.2 Å². The Kier molecular flexibility index (Phi) is 7.66. The van der Waals surface area contributed by atoms with Gasteiger partial charge in [-0.3, -0.25) is 14.7 Å². The number of fused-ring (bicyclic) bond motifs is 1. The Labute approximate surface area is 206 Å². The average molecular weight is 497 g/mol. The van der Waals surface area contributed by atoms with Gasteiger partial charge in [0.05, 0.1) is 18.2 Å². The van der Waals surface area contributed by atoms with Crippen LogP contribution in [0.3, 0.4) is 0 Å². The molecule has 0 spiro atoms. The molecule has 190 valence electrons. The Morgan fingerprint density at radius 1 is 1.14 bits per heavy atom. The lowest BCUT2D eigenvalue weighted by molar-refractivity contribution is -0.136. The smallest absolute Gasteiger partial charge is 0.325 e. The van der Waals surface area contributed by atoms with Crippen LogP contribution in [-0.4, -0.2) is 81.5 Å². The van der Waals surface area contributed by atoms with E-state index in [1.807, 2.05) is 0 Å². The molecule has 12 heteroatoms. The highest BCUT2D eigenvalue weighted by atomic mass is 16.5. The molecule has 0 radical (unpaired) electrons. The maximum absolute atomic E-state index is 12.6. The maximum atomic E-state index is 12.6. The van der Waals surface area contributed by atoms with E-state index in [2.05, 4.69) is 20.9 Å². The second-order valence-electron chi connectivity index (χ2n) is 8.33. The van der Waals surface area contributed by atoms with Crippen LogP contribution in [0.5, 0.6) is 11.5 Å². The molecule has 1 atom stereocenters. The van der Waals surface area contributed by atoms with E-state index in [-0.39, 0.29) is 11.8 Å². The summed E-state index contributed by atoms with van der Waals surface area (Å²) in [5, 5.41) is 27.6. The van der Waals surface area contributed by atoms with E-state index in [4.69, 9.17) is 4.74 Å². The molecule has 5 N–H and O–H groups in total. The summed E-state index contributed by atoms with van der Waals surface area (Å²) < 4.78 is 7.38. The monoisotopic (exact) mass is 496 g/mol. The number of aromatic nitrogens is 2. The molecule has 4 rings (SSSR count). The van der Waals surface area contributed by atoms with Crippen LogP contribution in [0, 0.1) is 0 Å². The zero-order valence-corrected chi connectivity index (χ0v) is 19.7. The number of amides is 4. The summed E-state index contributed by atoms with van der Waals surface area (Å²) in [6.07, 6.45) is 3.60. The molecule has 4 amide bonds. The molecule has 0 unspecified atom stereocenters. The molecule has 12 nitrogen and oxygen atoms in total. The Balaban J connectivity index is 1.38. The van der Waals surface area contributed by atoms with Crippen molar-refractivity contribution in [2.45, 2.75) is 25.0 Å². The molecule has 1 aliphatic heterocycles. The van der Waals surface area contributed by atoms with Crippen LogP contribution in [-0.2, 0) is 4.79 Å². The standard InChI is InChI=1S/C24H28N6O6/c1-25-24(35)30-11-5-15-12-17(2-3-20(15)30)36-18-4-8-26-21(13-18)28-23(34)27-19(14-31)22(33)29-9-6-16(32)7-10-29/h2-5,8,11-13,16,19,31-32H,6-7,9-10,14H2,1H3,(H,25,35)(H2,26,27,28,34)/t19-/m0/s1. The fraction of sp³-hybridized carbons (Fsp3) is 0.333. The van der Waals surface area contributed by atoms with Gasteiger partial charge < -0.3 is 30.5 Å². The van der Waals surface area contributed by atoms with Crippen LogP contribution in [0.15, 0.2) is 48.8 Å². The first kappa shape index (κ1) is 24.9. The Hall–Kier alpha value is -4.16. The first-order valence-corrected chi connectivity index (χ1v) is 11.5. The molecule has 1 fully saturated rings. The molecule has 3 heterocycles. The van der Waals surface area contributed by atoms with E-state index in [0.29, 0.717) is 37.4 Å². The van der Waals surface area contributed by atoms with Crippen molar-refractivity contribution in [3.63, 3.8) is 0 Å². The van der Waals surface area contributed by atoms with E-state index < -0.39 is 30.7 Å². The third-order valence-corrected chi connectivity index (χ3v) is 5.87. The van der Waals surface area contributed by atoms with Crippen LogP contribution in [0.2, 0.25) is 0 Å². The second kappa shape index (κ2) is 11.1. The molecular formula is C24H28N6O6. The summed E-state index contributed by atoms with van der Waals surface area (Å²) in [5.41, 5.74) is 0.726. The van der Waals surface area contributed by atoms with E-state index in [9.17, 15) is 24.6 Å². The van der Waals surface area contributed by atoms with Crippen molar-refractivity contribution in [3.8, 4) is 11.5 Å². The number of aliphatic hydroxyl groups excluding tert-OH is 2. The molecule has 3 aromatic rings. The van der Waals surface area contributed by atoms with Gasteiger partial charge in [0.2, 0.25) is 5.91 Å². The number of carbonyl (C=O) groups is 3. The third-order valence-electron chi connectivity index (χ3n) is 5.87. The minimum atomic E-state index is -1.12. The van der Waals surface area contributed by atoms with Gasteiger partial charge in [-0.2, -0.15) is 0 Å². The number of pyridine rings is 1. The van der Waals surface area contributed by atoms with Crippen molar-refractivity contribution >= 4 is 34.7 Å². The number of anilines is 1. The quantitative estimate of drug-likeness (QED) is 0.346. The molecule has 0 bridgehead atoms. The van der Waals surface area contributed by atoms with Gasteiger partial charge in [0.15, 0.2) is 0 Å². The van der Waals surface area contributed by atoms with E-state index in [1.54, 1.807) is 43.6 Å². The van der Waals surface area contributed by atoms with E-state index in [1.165, 1.54) is 21.7 Å². The number of aliphatic hydroxyl groups is 2. The topological polar surface area (TPSA) is 158 Å². The maximum Gasteiger partial charge on any atom is 0.325 e. The lowest BCUT2D eigenvalue weighted by Crippen LogP contribution is -2.53. The highest BCUT2D eigenvalue weighted by molar-refractivity contribution is 5.93. The molecule has 1 aliphatic rings. The van der Waals surface area contributed by atoms with Crippen molar-refractivity contribution in [2.24, 2.45) is 0 Å². The van der Waals surface area contributed by atoms with Gasteiger partial charge in [-0.15, -0.1) is 0 Å². The van der Waals surface area contributed by atoms with Crippen molar-refractivity contribution in [3.05, 3.63) is 48.8 Å². The third kappa shape index (κ3) is 5.73. The van der Waals surface area contributed by atoms with E-state index in [0.717, 1.165) is 10.9 Å². The van der Waals surface area contributed by atoms with Gasteiger partial charge in [0, 0.05) is 44.0 Å². The molecular weight excluding hydrogens is 468 g/mol. The number of likely N-dealkylation sites (tertiary alicyclic amines) is 1. The summed E-state index contributed by atoms with van der Waals surface area (Å²) >= 11 is 0.